The lowest BCUT2D eigenvalue weighted by molar-refractivity contribution is -0.139. The lowest BCUT2D eigenvalue weighted by Crippen LogP contribution is -2.54. The van der Waals surface area contributed by atoms with E-state index in [2.05, 4.69) is 69.9 Å². The molecule has 3 N–H and O–H groups in total. The van der Waals surface area contributed by atoms with Gasteiger partial charge in [-0.25, -0.2) is 19.6 Å². The van der Waals surface area contributed by atoms with E-state index in [0.717, 1.165) is 98.5 Å². The van der Waals surface area contributed by atoms with Crippen molar-refractivity contribution in [3.63, 3.8) is 0 Å². The van der Waals surface area contributed by atoms with Crippen molar-refractivity contribution in [2.24, 2.45) is 11.8 Å². The summed E-state index contributed by atoms with van der Waals surface area (Å²) in [4.78, 5) is 60.3. The SMILES string of the molecule is COC(=O)N[C@H](C(=O)N1[C@H]2CC[C@H](C2)[C@H]1c1nc2ccc3cc(-c4ccc5c(ccc6nc([C@@H]7CCCN7C(=O)OC(C)(C)C)[nH]c65)c4)ccc3c2[nH]1)C(C)C. The molecular formula is C44H49N7O5. The molecule has 12 heteroatoms. The molecule has 0 spiro atoms. The highest BCUT2D eigenvalue weighted by Crippen LogP contribution is 2.50. The average Bonchev–Trinajstić information content (AvgIpc) is 4.02. The molecular weight excluding hydrogens is 707 g/mol. The summed E-state index contributed by atoms with van der Waals surface area (Å²) in [5.74, 6) is 1.71. The number of fused-ring (bicyclic) bond motifs is 8. The van der Waals surface area contributed by atoms with E-state index in [9.17, 15) is 14.4 Å². The first-order valence-corrected chi connectivity index (χ1v) is 19.9. The smallest absolute Gasteiger partial charge is 0.410 e. The molecule has 3 aliphatic rings. The van der Waals surface area contributed by atoms with E-state index in [1.165, 1.54) is 7.11 Å². The topological polar surface area (TPSA) is 146 Å². The number of nitrogens with zero attached hydrogens (tertiary/aromatic N) is 4. The molecule has 12 nitrogen and oxygen atoms in total. The van der Waals surface area contributed by atoms with Crippen LogP contribution in [0.4, 0.5) is 9.59 Å². The summed E-state index contributed by atoms with van der Waals surface area (Å²) in [6, 6.07) is 20.5. The highest BCUT2D eigenvalue weighted by Gasteiger charge is 2.51. The number of likely N-dealkylation sites (tertiary alicyclic amines) is 2. The first-order chi connectivity index (χ1) is 26.9. The van der Waals surface area contributed by atoms with Gasteiger partial charge in [0.15, 0.2) is 0 Å². The maximum atomic E-state index is 14.1. The molecule has 9 rings (SSSR count). The molecule has 5 atom stereocenters. The number of ether oxygens (including phenoxy) is 2. The number of imidazole rings is 2. The van der Waals surface area contributed by atoms with Crippen LogP contribution in [-0.4, -0.2) is 79.2 Å². The Hall–Kier alpha value is -5.65. The van der Waals surface area contributed by atoms with E-state index in [0.29, 0.717) is 12.5 Å². The van der Waals surface area contributed by atoms with Crippen LogP contribution in [0.1, 0.15) is 90.5 Å². The number of nitrogens with one attached hydrogen (secondary N) is 3. The van der Waals surface area contributed by atoms with Crippen molar-refractivity contribution in [3.8, 4) is 11.1 Å². The highest BCUT2D eigenvalue weighted by atomic mass is 16.6. The van der Waals surface area contributed by atoms with Crippen molar-refractivity contribution in [1.29, 1.82) is 0 Å². The first-order valence-electron chi connectivity index (χ1n) is 19.9. The molecule has 2 aliphatic heterocycles. The van der Waals surface area contributed by atoms with Gasteiger partial charge in [-0.15, -0.1) is 0 Å². The number of amides is 3. The van der Waals surface area contributed by atoms with Gasteiger partial charge in [0.2, 0.25) is 5.91 Å². The minimum absolute atomic E-state index is 0.0831. The molecule has 6 aromatic rings. The van der Waals surface area contributed by atoms with Crippen LogP contribution >= 0.6 is 0 Å². The second-order valence-corrected chi connectivity index (χ2v) is 17.1. The average molecular weight is 756 g/mol. The number of aromatic amines is 2. The van der Waals surface area contributed by atoms with Gasteiger partial charge in [-0.05, 0) is 111 Å². The van der Waals surface area contributed by atoms with Gasteiger partial charge in [-0.1, -0.05) is 50.2 Å². The molecule has 1 aliphatic carbocycles. The Labute approximate surface area is 325 Å². The standard InChI is InChI=1S/C44H49N7O5/c1-23(2)35(49-42(53)55-6)41(52)51-29-14-9-28(22-29)38(51)40-46-33-18-13-27-21-25(11-16-31(27)37(33)48-40)24-10-15-30-26(20-24)12-17-32-36(30)47-39(45-32)34-8-7-19-50(34)43(54)56-44(3,4)5/h10-13,15-18,20-21,23,28-29,34-35,38H,7-9,14,19,22H2,1-6H3,(H,45,47)(H,46,48)(H,49,53)/t28-,29+,34+,35+,38+/m1/s1. The van der Waals surface area contributed by atoms with E-state index < -0.39 is 17.7 Å². The number of hydrogen-bond donors (Lipinski definition) is 3. The molecule has 2 bridgehead atoms. The number of piperidine rings is 1. The second-order valence-electron chi connectivity index (χ2n) is 17.1. The number of hydrogen-bond acceptors (Lipinski definition) is 7. The van der Waals surface area contributed by atoms with Gasteiger partial charge in [-0.3, -0.25) is 9.69 Å². The van der Waals surface area contributed by atoms with Crippen LogP contribution in [0, 0.1) is 11.8 Å². The maximum absolute atomic E-state index is 14.1. The Morgan fingerprint density at radius 3 is 2.07 bits per heavy atom. The minimum atomic E-state index is -0.681. The number of rotatable bonds is 6. The summed E-state index contributed by atoms with van der Waals surface area (Å²) in [6.45, 7) is 10.2. The monoisotopic (exact) mass is 755 g/mol. The van der Waals surface area contributed by atoms with Crippen LogP contribution in [0.3, 0.4) is 0 Å². The summed E-state index contributed by atoms with van der Waals surface area (Å²) in [5, 5.41) is 7.11. The Balaban J connectivity index is 1.00. The summed E-state index contributed by atoms with van der Waals surface area (Å²) < 4.78 is 10.6. The van der Waals surface area contributed by atoms with Crippen molar-refractivity contribution < 1.29 is 23.9 Å². The van der Waals surface area contributed by atoms with Crippen molar-refractivity contribution in [1.82, 2.24) is 35.1 Å². The van der Waals surface area contributed by atoms with Gasteiger partial charge in [0.25, 0.3) is 0 Å². The minimum Gasteiger partial charge on any atom is -0.453 e. The van der Waals surface area contributed by atoms with E-state index >= 15 is 0 Å². The fourth-order valence-corrected chi connectivity index (χ4v) is 9.42. The van der Waals surface area contributed by atoms with Gasteiger partial charge in [0.1, 0.15) is 23.3 Å². The highest BCUT2D eigenvalue weighted by molar-refractivity contribution is 6.07. The lowest BCUT2D eigenvalue weighted by atomic mass is 9.95. The predicted octanol–water partition coefficient (Wildman–Crippen LogP) is 8.92. The quantitative estimate of drug-likeness (QED) is 0.154. The van der Waals surface area contributed by atoms with Gasteiger partial charge >= 0.3 is 12.2 Å². The largest absolute Gasteiger partial charge is 0.453 e. The van der Waals surface area contributed by atoms with Gasteiger partial charge < -0.3 is 29.7 Å². The second kappa shape index (κ2) is 13.5. The summed E-state index contributed by atoms with van der Waals surface area (Å²) in [6.07, 6.45) is 3.78. The molecule has 0 radical (unpaired) electrons. The number of alkyl carbamates (subject to hydrolysis) is 1. The number of aromatic nitrogens is 4. The molecule has 1 saturated carbocycles. The van der Waals surface area contributed by atoms with Crippen molar-refractivity contribution in [2.75, 3.05) is 13.7 Å². The Kier molecular flexibility index (Phi) is 8.70. The fourth-order valence-electron chi connectivity index (χ4n) is 9.42. The van der Waals surface area contributed by atoms with Gasteiger partial charge in [-0.2, -0.15) is 0 Å². The third-order valence-electron chi connectivity index (χ3n) is 12.0. The fraction of sp³-hybridized carbons (Fsp3) is 0.432. The number of carbonyl (C=O) groups excluding carboxylic acids is 3. The third-order valence-corrected chi connectivity index (χ3v) is 12.0. The van der Waals surface area contributed by atoms with Crippen LogP contribution in [0.5, 0.6) is 0 Å². The molecule has 56 heavy (non-hydrogen) atoms. The maximum Gasteiger partial charge on any atom is 0.410 e. The van der Waals surface area contributed by atoms with E-state index in [1.807, 2.05) is 45.6 Å². The molecule has 4 aromatic carbocycles. The zero-order valence-electron chi connectivity index (χ0n) is 32.8. The van der Waals surface area contributed by atoms with Crippen LogP contribution in [0.15, 0.2) is 60.7 Å². The van der Waals surface area contributed by atoms with Crippen LogP contribution < -0.4 is 5.32 Å². The summed E-state index contributed by atoms with van der Waals surface area (Å²) >= 11 is 0. The first kappa shape index (κ1) is 36.0. The molecule has 2 aromatic heterocycles. The molecule has 2 saturated heterocycles. The molecule has 290 valence electrons. The Morgan fingerprint density at radius 1 is 0.839 bits per heavy atom. The zero-order chi connectivity index (χ0) is 39.0. The van der Waals surface area contributed by atoms with Crippen LogP contribution in [-0.2, 0) is 14.3 Å². The number of methoxy groups -OCH3 is 1. The van der Waals surface area contributed by atoms with Crippen molar-refractivity contribution >= 4 is 61.7 Å². The summed E-state index contributed by atoms with van der Waals surface area (Å²) in [7, 11) is 1.32. The molecule has 4 heterocycles. The predicted molar refractivity (Wildman–Crippen MR) is 216 cm³/mol. The third kappa shape index (κ3) is 6.19. The number of H-pyrrole nitrogens is 2. The molecule has 3 fully saturated rings. The van der Waals surface area contributed by atoms with E-state index in [4.69, 9.17) is 19.4 Å². The number of benzene rings is 4. The Morgan fingerprint density at radius 2 is 1.46 bits per heavy atom. The normalized spacial score (nSPS) is 21.6. The Bertz CT molecular complexity index is 2530. The van der Waals surface area contributed by atoms with Crippen LogP contribution in [0.25, 0.3) is 54.7 Å². The van der Waals surface area contributed by atoms with Gasteiger partial charge in [0, 0.05) is 23.4 Å². The van der Waals surface area contributed by atoms with Crippen molar-refractivity contribution in [2.45, 2.75) is 96.5 Å². The van der Waals surface area contributed by atoms with Crippen LogP contribution in [0.2, 0.25) is 0 Å². The van der Waals surface area contributed by atoms with Crippen molar-refractivity contribution in [3.05, 3.63) is 72.3 Å². The van der Waals surface area contributed by atoms with E-state index in [-0.39, 0.29) is 36.0 Å². The summed E-state index contributed by atoms with van der Waals surface area (Å²) in [5.41, 5.74) is 5.31. The lowest BCUT2D eigenvalue weighted by Gasteiger charge is -2.37. The number of carbonyl (C=O) groups is 3. The zero-order valence-corrected chi connectivity index (χ0v) is 32.8. The van der Waals surface area contributed by atoms with Gasteiger partial charge in [0.05, 0.1) is 41.3 Å². The van der Waals surface area contributed by atoms with E-state index in [1.54, 1.807) is 4.90 Å². The molecule has 0 unspecified atom stereocenters. The molecule has 3 amide bonds.